The Morgan fingerprint density at radius 1 is 0.943 bits per heavy atom. The molecule has 0 amide bonds. The van der Waals surface area contributed by atoms with Gasteiger partial charge >= 0.3 is 11.9 Å². The van der Waals surface area contributed by atoms with Gasteiger partial charge in [0.2, 0.25) is 0 Å². The minimum Gasteiger partial charge on any atom is -0.455 e. The summed E-state index contributed by atoms with van der Waals surface area (Å²) in [7, 11) is 0. The number of hydrogen-bond acceptors (Lipinski definition) is 10. The van der Waals surface area contributed by atoms with Crippen LogP contribution in [0.3, 0.4) is 0 Å². The fraction of sp³-hybridized carbons (Fsp3) is 0.600. The number of benzene rings is 1. The highest BCUT2D eigenvalue weighted by atomic mass is 16.7. The molecule has 1 aliphatic carbocycles. The highest BCUT2D eigenvalue weighted by molar-refractivity contribution is 5.87. The van der Waals surface area contributed by atoms with Gasteiger partial charge in [0.1, 0.15) is 18.3 Å². The van der Waals surface area contributed by atoms with Gasteiger partial charge in [-0.05, 0) is 37.8 Å². The second kappa shape index (κ2) is 11.6. The van der Waals surface area contributed by atoms with Crippen molar-refractivity contribution in [3.8, 4) is 0 Å². The Morgan fingerprint density at radius 2 is 1.60 bits per heavy atom. The number of rotatable bonds is 6. The van der Waals surface area contributed by atoms with Crippen LogP contribution in [0.2, 0.25) is 0 Å². The van der Waals surface area contributed by atoms with Gasteiger partial charge < -0.3 is 39.4 Å². The lowest BCUT2D eigenvalue weighted by Gasteiger charge is -2.46. The summed E-state index contributed by atoms with van der Waals surface area (Å²) < 4.78 is 22.3. The van der Waals surface area contributed by atoms with E-state index in [-0.39, 0.29) is 6.42 Å². The van der Waals surface area contributed by atoms with E-state index in [4.69, 9.17) is 18.9 Å². The van der Waals surface area contributed by atoms with Crippen LogP contribution in [-0.2, 0) is 28.5 Å². The zero-order valence-electron chi connectivity index (χ0n) is 20.2. The van der Waals surface area contributed by atoms with Crippen LogP contribution in [0.5, 0.6) is 0 Å². The van der Waals surface area contributed by atoms with Crippen molar-refractivity contribution in [1.29, 1.82) is 0 Å². The molecule has 1 heterocycles. The van der Waals surface area contributed by atoms with Gasteiger partial charge in [-0.15, -0.1) is 0 Å². The molecule has 10 unspecified atom stereocenters. The molecule has 1 aromatic rings. The molecular formula is C25H34O10. The lowest BCUT2D eigenvalue weighted by atomic mass is 9.81. The van der Waals surface area contributed by atoms with Crippen molar-refractivity contribution in [2.24, 2.45) is 5.92 Å². The number of carbonyl (C=O) groups excluding carboxylic acids is 2. The van der Waals surface area contributed by atoms with Gasteiger partial charge in [0.05, 0.1) is 18.3 Å². The normalized spacial score (nSPS) is 37.7. The van der Waals surface area contributed by atoms with Crippen molar-refractivity contribution in [2.75, 3.05) is 0 Å². The fourth-order valence-corrected chi connectivity index (χ4v) is 4.38. The molecule has 0 radical (unpaired) electrons. The molecule has 0 bridgehead atoms. The van der Waals surface area contributed by atoms with Crippen molar-refractivity contribution in [3.63, 3.8) is 0 Å². The van der Waals surface area contributed by atoms with Crippen molar-refractivity contribution in [1.82, 2.24) is 0 Å². The Morgan fingerprint density at radius 3 is 2.23 bits per heavy atom. The van der Waals surface area contributed by atoms with E-state index in [1.807, 2.05) is 31.2 Å². The number of aliphatic hydroxyl groups excluding tert-OH is 4. The Balaban J connectivity index is 1.78. The molecule has 4 N–H and O–H groups in total. The average molecular weight is 495 g/mol. The first-order valence-corrected chi connectivity index (χ1v) is 11.6. The number of aryl methyl sites for hydroxylation is 1. The van der Waals surface area contributed by atoms with Gasteiger partial charge in [0, 0.05) is 13.0 Å². The van der Waals surface area contributed by atoms with Crippen LogP contribution in [0.1, 0.15) is 38.3 Å². The van der Waals surface area contributed by atoms with E-state index in [2.05, 4.69) is 0 Å². The Hall–Kier alpha value is -2.34. The molecule has 0 aromatic heterocycles. The van der Waals surface area contributed by atoms with Gasteiger partial charge in [-0.3, -0.25) is 4.79 Å². The zero-order valence-corrected chi connectivity index (χ0v) is 20.2. The minimum atomic E-state index is -1.57. The van der Waals surface area contributed by atoms with E-state index in [1.165, 1.54) is 6.08 Å². The monoisotopic (exact) mass is 494 g/mol. The Kier molecular flexibility index (Phi) is 9.03. The van der Waals surface area contributed by atoms with Gasteiger partial charge in [-0.1, -0.05) is 36.8 Å². The quantitative estimate of drug-likeness (QED) is 0.324. The molecule has 1 aromatic carbocycles. The Bertz CT molecular complexity index is 900. The standard InChI is InChI=1S/C25H34O10/c1-12-5-7-16(8-6-12)9-10-18(27)35-22-14(3)32-25(31)24(23(22)33-15(4)26)34-17-11-13(2)19(28)21(30)20(17)29/h5-10,13-14,17,19-25,28-31H,11H2,1-4H3/b10-9-. The summed E-state index contributed by atoms with van der Waals surface area (Å²) in [5.74, 6) is -1.83. The molecule has 10 nitrogen and oxygen atoms in total. The van der Waals surface area contributed by atoms with E-state index in [0.717, 1.165) is 18.1 Å². The summed E-state index contributed by atoms with van der Waals surface area (Å²) in [5.41, 5.74) is 1.86. The maximum atomic E-state index is 12.6. The molecule has 10 heteroatoms. The minimum absolute atomic E-state index is 0.161. The van der Waals surface area contributed by atoms with E-state index in [1.54, 1.807) is 19.9 Å². The van der Waals surface area contributed by atoms with E-state index >= 15 is 0 Å². The summed E-state index contributed by atoms with van der Waals surface area (Å²) in [5, 5.41) is 41.1. The molecule has 1 aliphatic heterocycles. The molecule has 2 fully saturated rings. The third-order valence-electron chi connectivity index (χ3n) is 6.39. The van der Waals surface area contributed by atoms with Crippen LogP contribution in [0.15, 0.2) is 30.3 Å². The van der Waals surface area contributed by atoms with Crippen molar-refractivity contribution >= 4 is 18.0 Å². The number of carbonyl (C=O) groups is 2. The van der Waals surface area contributed by atoms with Crippen LogP contribution in [0.25, 0.3) is 6.08 Å². The first kappa shape index (κ1) is 27.3. The van der Waals surface area contributed by atoms with Crippen molar-refractivity contribution in [2.45, 2.75) is 89.2 Å². The topological polar surface area (TPSA) is 152 Å². The van der Waals surface area contributed by atoms with Crippen LogP contribution < -0.4 is 0 Å². The molecule has 2 aliphatic rings. The van der Waals surface area contributed by atoms with Crippen molar-refractivity contribution in [3.05, 3.63) is 41.5 Å². The molecule has 1 saturated heterocycles. The van der Waals surface area contributed by atoms with Gasteiger partial charge in [0.15, 0.2) is 18.5 Å². The maximum absolute atomic E-state index is 12.6. The van der Waals surface area contributed by atoms with E-state index in [0.29, 0.717) is 0 Å². The molecular weight excluding hydrogens is 460 g/mol. The first-order valence-electron chi connectivity index (χ1n) is 11.6. The number of ether oxygens (including phenoxy) is 4. The lowest BCUT2D eigenvalue weighted by Crippen LogP contribution is -2.63. The fourth-order valence-electron chi connectivity index (χ4n) is 4.38. The number of aliphatic hydroxyl groups is 4. The third-order valence-corrected chi connectivity index (χ3v) is 6.39. The highest BCUT2D eigenvalue weighted by Gasteiger charge is 2.51. The summed E-state index contributed by atoms with van der Waals surface area (Å²) in [6.07, 6.45) is -8.23. The highest BCUT2D eigenvalue weighted by Crippen LogP contribution is 2.33. The lowest BCUT2D eigenvalue weighted by molar-refractivity contribution is -0.311. The summed E-state index contributed by atoms with van der Waals surface area (Å²) in [4.78, 5) is 24.4. The SMILES string of the molecule is CC(=O)OC1C(OC(=O)/C=C\c2ccc(C)cc2)C(C)OC(O)C1OC1CC(C)C(O)C(O)C1O. The molecule has 35 heavy (non-hydrogen) atoms. The van der Waals surface area contributed by atoms with E-state index < -0.39 is 73.0 Å². The Labute approximate surface area is 204 Å². The van der Waals surface area contributed by atoms with Gasteiger partial charge in [-0.25, -0.2) is 4.79 Å². The molecule has 1 saturated carbocycles. The smallest absolute Gasteiger partial charge is 0.331 e. The largest absolute Gasteiger partial charge is 0.455 e. The maximum Gasteiger partial charge on any atom is 0.331 e. The molecule has 194 valence electrons. The van der Waals surface area contributed by atoms with Crippen LogP contribution >= 0.6 is 0 Å². The van der Waals surface area contributed by atoms with Gasteiger partial charge in [-0.2, -0.15) is 0 Å². The predicted molar refractivity (Wildman–Crippen MR) is 123 cm³/mol. The predicted octanol–water partition coefficient (Wildman–Crippen LogP) is 0.465. The van der Waals surface area contributed by atoms with E-state index in [9.17, 15) is 30.0 Å². The third kappa shape index (κ3) is 6.66. The zero-order chi connectivity index (χ0) is 25.9. The number of hydrogen-bond donors (Lipinski definition) is 4. The second-order valence-electron chi connectivity index (χ2n) is 9.28. The first-order chi connectivity index (χ1) is 16.5. The average Bonchev–Trinajstić information content (AvgIpc) is 2.80. The van der Waals surface area contributed by atoms with Gasteiger partial charge in [0.25, 0.3) is 0 Å². The van der Waals surface area contributed by atoms with Crippen molar-refractivity contribution < 1.29 is 49.0 Å². The van der Waals surface area contributed by atoms with Crippen LogP contribution in [0.4, 0.5) is 0 Å². The summed E-state index contributed by atoms with van der Waals surface area (Å²) >= 11 is 0. The number of esters is 2. The molecule has 10 atom stereocenters. The second-order valence-corrected chi connectivity index (χ2v) is 9.28. The summed E-state index contributed by atoms with van der Waals surface area (Å²) in [6.45, 7) is 6.34. The summed E-state index contributed by atoms with van der Waals surface area (Å²) in [6, 6.07) is 7.49. The van der Waals surface area contributed by atoms with Crippen LogP contribution in [-0.4, -0.2) is 87.5 Å². The van der Waals surface area contributed by atoms with Crippen LogP contribution in [0, 0.1) is 12.8 Å². The molecule has 3 rings (SSSR count). The molecule has 0 spiro atoms.